The number of thiazole rings is 1. The van der Waals surface area contributed by atoms with Gasteiger partial charge in [0.15, 0.2) is 10.9 Å². The molecule has 1 aromatic heterocycles. The lowest BCUT2D eigenvalue weighted by molar-refractivity contribution is -0.116. The summed E-state index contributed by atoms with van der Waals surface area (Å²) in [6.45, 7) is 2.06. The van der Waals surface area contributed by atoms with E-state index in [1.165, 1.54) is 37.7 Å². The van der Waals surface area contributed by atoms with Crippen LogP contribution in [-0.2, 0) is 11.2 Å². The zero-order valence-electron chi connectivity index (χ0n) is 18.2. The quantitative estimate of drug-likeness (QED) is 0.407. The van der Waals surface area contributed by atoms with Crippen molar-refractivity contribution >= 4 is 28.2 Å². The number of carbonyl (C=O) groups excluding carboxylic acids is 2. The van der Waals surface area contributed by atoms with Crippen molar-refractivity contribution in [2.24, 2.45) is 0 Å². The van der Waals surface area contributed by atoms with Gasteiger partial charge in [0.05, 0.1) is 25.5 Å². The number of nitrogens with one attached hydrogen (secondary N) is 1. The summed E-state index contributed by atoms with van der Waals surface area (Å²) in [5.74, 6) is 0.144. The van der Waals surface area contributed by atoms with Crippen molar-refractivity contribution in [3.63, 3.8) is 0 Å². The Bertz CT molecular complexity index is 1100. The molecule has 0 unspecified atom stereocenters. The van der Waals surface area contributed by atoms with Gasteiger partial charge in [-0.3, -0.25) is 9.59 Å². The third-order valence-corrected chi connectivity index (χ3v) is 5.86. The van der Waals surface area contributed by atoms with Gasteiger partial charge in [-0.15, -0.1) is 11.3 Å². The van der Waals surface area contributed by atoms with Crippen LogP contribution in [0.2, 0.25) is 0 Å². The molecule has 0 fully saturated rings. The van der Waals surface area contributed by atoms with E-state index in [-0.39, 0.29) is 30.3 Å². The van der Waals surface area contributed by atoms with Gasteiger partial charge < -0.3 is 14.8 Å². The Hall–Kier alpha value is -3.26. The van der Waals surface area contributed by atoms with Crippen molar-refractivity contribution in [1.82, 2.24) is 4.98 Å². The van der Waals surface area contributed by atoms with E-state index in [1.54, 1.807) is 30.3 Å². The fourth-order valence-electron chi connectivity index (χ4n) is 3.21. The number of halogens is 1. The van der Waals surface area contributed by atoms with Crippen molar-refractivity contribution in [3.05, 3.63) is 58.7 Å². The summed E-state index contributed by atoms with van der Waals surface area (Å²) in [7, 11) is 3.00. The fourth-order valence-corrected chi connectivity index (χ4v) is 4.31. The normalized spacial score (nSPS) is 10.6. The number of benzene rings is 2. The number of ketones is 1. The number of ether oxygens (including phenoxy) is 2. The highest BCUT2D eigenvalue weighted by molar-refractivity contribution is 7.16. The number of nitrogens with zero attached hydrogens (tertiary/aromatic N) is 1. The number of Topliss-reactive ketones (excluding diaryl/α,β-unsaturated/α-hetero) is 1. The largest absolute Gasteiger partial charge is 0.497 e. The maximum absolute atomic E-state index is 13.3. The average Bonchev–Trinajstić information content (AvgIpc) is 3.19. The lowest BCUT2D eigenvalue weighted by Gasteiger charge is -2.09. The fraction of sp³-hybridized carbons (Fsp3) is 0.292. The van der Waals surface area contributed by atoms with E-state index < -0.39 is 0 Å². The number of rotatable bonds is 10. The molecular weight excluding hydrogens is 431 g/mol. The topological polar surface area (TPSA) is 77.5 Å². The van der Waals surface area contributed by atoms with Gasteiger partial charge in [-0.1, -0.05) is 13.3 Å². The van der Waals surface area contributed by atoms with E-state index in [0.29, 0.717) is 22.2 Å². The molecule has 0 saturated carbocycles. The molecule has 0 saturated heterocycles. The molecule has 2 aromatic carbocycles. The van der Waals surface area contributed by atoms with Gasteiger partial charge in [-0.2, -0.15) is 0 Å². The Balaban J connectivity index is 1.68. The van der Waals surface area contributed by atoms with E-state index in [0.717, 1.165) is 29.0 Å². The Morgan fingerprint density at radius 3 is 2.47 bits per heavy atom. The number of methoxy groups -OCH3 is 2. The van der Waals surface area contributed by atoms with Crippen LogP contribution in [0.15, 0.2) is 42.5 Å². The van der Waals surface area contributed by atoms with Crippen LogP contribution in [0.1, 0.15) is 41.4 Å². The molecule has 1 heterocycles. The number of carbonyl (C=O) groups is 2. The van der Waals surface area contributed by atoms with Crippen LogP contribution in [-0.4, -0.2) is 30.9 Å². The lowest BCUT2D eigenvalue weighted by atomic mass is 10.0. The van der Waals surface area contributed by atoms with Gasteiger partial charge >= 0.3 is 0 Å². The molecule has 32 heavy (non-hydrogen) atoms. The summed E-state index contributed by atoms with van der Waals surface area (Å²) in [5.41, 5.74) is 1.91. The van der Waals surface area contributed by atoms with Gasteiger partial charge in [-0.25, -0.2) is 9.37 Å². The molecule has 0 aliphatic rings. The second kappa shape index (κ2) is 10.9. The number of hydrogen-bond donors (Lipinski definition) is 1. The number of aromatic nitrogens is 1. The van der Waals surface area contributed by atoms with Gasteiger partial charge in [0.25, 0.3) is 0 Å². The number of hydrogen-bond acceptors (Lipinski definition) is 6. The first-order valence-corrected chi connectivity index (χ1v) is 11.1. The Kier molecular flexibility index (Phi) is 7.94. The van der Waals surface area contributed by atoms with E-state index in [9.17, 15) is 14.0 Å². The third-order valence-electron chi connectivity index (χ3n) is 4.82. The van der Waals surface area contributed by atoms with Crippen LogP contribution >= 0.6 is 11.3 Å². The van der Waals surface area contributed by atoms with Crippen LogP contribution < -0.4 is 14.8 Å². The number of aryl methyl sites for hydroxylation is 1. The molecule has 8 heteroatoms. The molecule has 3 rings (SSSR count). The first-order chi connectivity index (χ1) is 15.4. The lowest BCUT2D eigenvalue weighted by Crippen LogP contribution is -2.13. The molecule has 1 amide bonds. The monoisotopic (exact) mass is 456 g/mol. The zero-order valence-corrected chi connectivity index (χ0v) is 19.1. The average molecular weight is 457 g/mol. The molecule has 0 atom stereocenters. The van der Waals surface area contributed by atoms with Crippen LogP contribution in [0.4, 0.5) is 9.52 Å². The Morgan fingerprint density at radius 1 is 1.06 bits per heavy atom. The molecule has 6 nitrogen and oxygen atoms in total. The molecule has 0 radical (unpaired) electrons. The maximum Gasteiger partial charge on any atom is 0.226 e. The smallest absolute Gasteiger partial charge is 0.226 e. The molecule has 3 aromatic rings. The minimum Gasteiger partial charge on any atom is -0.497 e. The van der Waals surface area contributed by atoms with Gasteiger partial charge in [-0.05, 0) is 48.9 Å². The molecular formula is C24H25FN2O4S. The van der Waals surface area contributed by atoms with Crippen LogP contribution in [0, 0.1) is 5.82 Å². The summed E-state index contributed by atoms with van der Waals surface area (Å²) in [6, 6.07) is 11.1. The molecule has 168 valence electrons. The highest BCUT2D eigenvalue weighted by Gasteiger charge is 2.18. The number of anilines is 1. The highest BCUT2D eigenvalue weighted by atomic mass is 32.1. The summed E-state index contributed by atoms with van der Waals surface area (Å²) >= 11 is 1.39. The Morgan fingerprint density at radius 2 is 1.81 bits per heavy atom. The van der Waals surface area contributed by atoms with E-state index in [2.05, 4.69) is 17.2 Å². The predicted octanol–water partition coefficient (Wildman–Crippen LogP) is 5.52. The van der Waals surface area contributed by atoms with Crippen molar-refractivity contribution in [2.45, 2.75) is 32.6 Å². The maximum atomic E-state index is 13.3. The summed E-state index contributed by atoms with van der Waals surface area (Å²) in [4.78, 5) is 30.7. The highest BCUT2D eigenvalue weighted by Crippen LogP contribution is 2.32. The SMILES string of the molecule is CCCc1sc(NC(=O)CCC(=O)c2cc(OC)ccc2OC)nc1-c1ccc(F)cc1. The number of amides is 1. The van der Waals surface area contributed by atoms with Crippen molar-refractivity contribution in [3.8, 4) is 22.8 Å². The molecule has 0 aliphatic carbocycles. The van der Waals surface area contributed by atoms with Gasteiger partial charge in [0.1, 0.15) is 17.3 Å². The summed E-state index contributed by atoms with van der Waals surface area (Å²) in [6.07, 6.45) is 1.75. The van der Waals surface area contributed by atoms with Crippen molar-refractivity contribution in [1.29, 1.82) is 0 Å². The second-order valence-electron chi connectivity index (χ2n) is 7.09. The summed E-state index contributed by atoms with van der Waals surface area (Å²) in [5, 5.41) is 3.25. The molecule has 0 aliphatic heterocycles. The van der Waals surface area contributed by atoms with E-state index >= 15 is 0 Å². The first kappa shape index (κ1) is 23.4. The van der Waals surface area contributed by atoms with E-state index in [1.807, 2.05) is 0 Å². The second-order valence-corrected chi connectivity index (χ2v) is 8.17. The standard InChI is InChI=1S/C24H25FN2O4S/c1-4-5-21-23(15-6-8-16(25)9-7-15)27-24(32-21)26-22(29)13-11-19(28)18-14-17(30-2)10-12-20(18)31-3/h6-10,12,14H,4-5,11,13H2,1-3H3,(H,26,27,29). The zero-order chi connectivity index (χ0) is 23.1. The molecule has 1 N–H and O–H groups in total. The van der Waals surface area contributed by atoms with Crippen LogP contribution in [0.25, 0.3) is 11.3 Å². The van der Waals surface area contributed by atoms with E-state index in [4.69, 9.17) is 9.47 Å². The van der Waals surface area contributed by atoms with Gasteiger partial charge in [0.2, 0.25) is 5.91 Å². The van der Waals surface area contributed by atoms with Gasteiger partial charge in [0, 0.05) is 23.3 Å². The van der Waals surface area contributed by atoms with Crippen LogP contribution in [0.3, 0.4) is 0 Å². The van der Waals surface area contributed by atoms with Crippen molar-refractivity contribution in [2.75, 3.05) is 19.5 Å². The molecule has 0 spiro atoms. The van der Waals surface area contributed by atoms with Crippen LogP contribution in [0.5, 0.6) is 11.5 Å². The summed E-state index contributed by atoms with van der Waals surface area (Å²) < 4.78 is 23.7. The third kappa shape index (κ3) is 5.70. The Labute approximate surface area is 190 Å². The molecule has 0 bridgehead atoms. The minimum atomic E-state index is -0.313. The minimum absolute atomic E-state index is 0.00771. The predicted molar refractivity (Wildman–Crippen MR) is 123 cm³/mol. The first-order valence-electron chi connectivity index (χ1n) is 10.3. The van der Waals surface area contributed by atoms with Crippen molar-refractivity contribution < 1.29 is 23.5 Å².